The number of piperidine rings is 1. The van der Waals surface area contributed by atoms with Crippen molar-refractivity contribution in [2.75, 3.05) is 32.7 Å². The van der Waals surface area contributed by atoms with Crippen LogP contribution in [-0.2, 0) is 24.1 Å². The number of rotatable bonds is 5. The average molecular weight is 397 g/mol. The molecule has 0 radical (unpaired) electrons. The van der Waals surface area contributed by atoms with Crippen LogP contribution in [0.4, 0.5) is 0 Å². The SMILES string of the molecule is Cc1cc2c(cc1C)CC(=O)N(CC1CCCN(CCc3cccs3)C1)CC2. The maximum Gasteiger partial charge on any atom is 0.227 e. The van der Waals surface area contributed by atoms with E-state index in [1.165, 1.54) is 46.5 Å². The van der Waals surface area contributed by atoms with E-state index in [-0.39, 0.29) is 0 Å². The molecule has 0 saturated carbocycles. The van der Waals surface area contributed by atoms with Crippen molar-refractivity contribution in [3.63, 3.8) is 0 Å². The van der Waals surface area contributed by atoms with Crippen molar-refractivity contribution in [2.24, 2.45) is 5.92 Å². The second kappa shape index (κ2) is 8.79. The summed E-state index contributed by atoms with van der Waals surface area (Å²) in [6.07, 6.45) is 5.24. The van der Waals surface area contributed by atoms with Gasteiger partial charge in [-0.05, 0) is 85.7 Å². The van der Waals surface area contributed by atoms with Crippen LogP contribution in [0.1, 0.15) is 40.0 Å². The molecule has 28 heavy (non-hydrogen) atoms. The molecule has 4 heteroatoms. The number of nitrogens with zero attached hydrogens (tertiary/aromatic N) is 2. The van der Waals surface area contributed by atoms with E-state index >= 15 is 0 Å². The Morgan fingerprint density at radius 2 is 1.96 bits per heavy atom. The predicted molar refractivity (Wildman–Crippen MR) is 117 cm³/mol. The van der Waals surface area contributed by atoms with Gasteiger partial charge in [0.1, 0.15) is 0 Å². The molecule has 0 spiro atoms. The average Bonchev–Trinajstić information content (AvgIpc) is 3.16. The van der Waals surface area contributed by atoms with E-state index in [9.17, 15) is 4.79 Å². The Bertz CT molecular complexity index is 814. The number of aryl methyl sites for hydroxylation is 2. The number of fused-ring (bicyclic) bond motifs is 1. The number of amides is 1. The van der Waals surface area contributed by atoms with E-state index in [2.05, 4.69) is 53.3 Å². The van der Waals surface area contributed by atoms with Crippen LogP contribution in [0.3, 0.4) is 0 Å². The summed E-state index contributed by atoms with van der Waals surface area (Å²) in [4.78, 5) is 19.2. The number of carbonyl (C=O) groups excluding carboxylic acids is 1. The number of likely N-dealkylation sites (tertiary alicyclic amines) is 1. The first-order chi connectivity index (χ1) is 13.6. The highest BCUT2D eigenvalue weighted by Crippen LogP contribution is 2.24. The molecule has 1 atom stereocenters. The van der Waals surface area contributed by atoms with Crippen molar-refractivity contribution in [3.8, 4) is 0 Å². The molecule has 3 heterocycles. The number of thiophene rings is 1. The molecular weight excluding hydrogens is 364 g/mol. The Balaban J connectivity index is 1.34. The highest BCUT2D eigenvalue weighted by atomic mass is 32.1. The fraction of sp³-hybridized carbons (Fsp3) is 0.542. The second-order valence-electron chi connectivity index (χ2n) is 8.61. The summed E-state index contributed by atoms with van der Waals surface area (Å²) in [6, 6.07) is 8.92. The molecular formula is C24H32N2OS. The first-order valence-corrected chi connectivity index (χ1v) is 11.6. The van der Waals surface area contributed by atoms with E-state index < -0.39 is 0 Å². The predicted octanol–water partition coefficient (Wildman–Crippen LogP) is 4.25. The third-order valence-corrected chi connectivity index (χ3v) is 7.43. The standard InChI is InChI=1S/C24H32N2OS/c1-18-13-21-7-11-26(24(27)15-22(21)14-19(18)2)17-20-5-3-9-25(16-20)10-8-23-6-4-12-28-23/h4,6,12-14,20H,3,5,7-11,15-17H2,1-2H3. The van der Waals surface area contributed by atoms with Gasteiger partial charge in [0.05, 0.1) is 6.42 Å². The first-order valence-electron chi connectivity index (χ1n) is 10.7. The minimum atomic E-state index is 0.317. The van der Waals surface area contributed by atoms with Gasteiger partial charge >= 0.3 is 0 Å². The van der Waals surface area contributed by atoms with E-state index in [1.807, 2.05) is 11.3 Å². The molecule has 150 valence electrons. The van der Waals surface area contributed by atoms with Gasteiger partial charge in [-0.2, -0.15) is 0 Å². The first kappa shape index (κ1) is 19.7. The molecule has 1 aromatic heterocycles. The highest BCUT2D eigenvalue weighted by molar-refractivity contribution is 7.09. The molecule has 2 aliphatic rings. The van der Waals surface area contributed by atoms with Gasteiger partial charge in [0.2, 0.25) is 5.91 Å². The minimum absolute atomic E-state index is 0.317. The molecule has 2 aliphatic heterocycles. The van der Waals surface area contributed by atoms with Gasteiger partial charge in [0, 0.05) is 31.1 Å². The maximum atomic E-state index is 12.9. The van der Waals surface area contributed by atoms with Gasteiger partial charge < -0.3 is 9.80 Å². The van der Waals surface area contributed by atoms with Gasteiger partial charge in [-0.15, -0.1) is 11.3 Å². The van der Waals surface area contributed by atoms with Gasteiger partial charge in [-0.25, -0.2) is 0 Å². The van der Waals surface area contributed by atoms with Crippen molar-refractivity contribution < 1.29 is 4.79 Å². The third-order valence-electron chi connectivity index (χ3n) is 6.50. The Morgan fingerprint density at radius 3 is 2.75 bits per heavy atom. The Kier molecular flexibility index (Phi) is 6.17. The number of carbonyl (C=O) groups is 1. The second-order valence-corrected chi connectivity index (χ2v) is 9.64. The van der Waals surface area contributed by atoms with E-state index in [0.29, 0.717) is 18.2 Å². The molecule has 1 unspecified atom stereocenters. The molecule has 0 aliphatic carbocycles. The zero-order valence-electron chi connectivity index (χ0n) is 17.2. The fourth-order valence-electron chi connectivity index (χ4n) is 4.72. The number of hydrogen-bond acceptors (Lipinski definition) is 3. The lowest BCUT2D eigenvalue weighted by Crippen LogP contribution is -2.43. The lowest BCUT2D eigenvalue weighted by atomic mass is 9.97. The lowest BCUT2D eigenvalue weighted by molar-refractivity contribution is -0.131. The monoisotopic (exact) mass is 396 g/mol. The highest BCUT2D eigenvalue weighted by Gasteiger charge is 2.26. The molecule has 2 aromatic rings. The summed E-state index contributed by atoms with van der Waals surface area (Å²) in [6.45, 7) is 9.62. The number of hydrogen-bond donors (Lipinski definition) is 0. The van der Waals surface area contributed by atoms with Crippen LogP contribution in [0.2, 0.25) is 0 Å². The van der Waals surface area contributed by atoms with Crippen molar-refractivity contribution in [1.29, 1.82) is 0 Å². The molecule has 1 fully saturated rings. The third kappa shape index (κ3) is 4.66. The summed E-state index contributed by atoms with van der Waals surface area (Å²) in [5.74, 6) is 0.934. The van der Waals surface area contributed by atoms with E-state index in [0.717, 1.165) is 39.0 Å². The van der Waals surface area contributed by atoms with Crippen molar-refractivity contribution in [3.05, 3.63) is 56.8 Å². The summed E-state index contributed by atoms with van der Waals surface area (Å²) in [5.41, 5.74) is 5.26. The summed E-state index contributed by atoms with van der Waals surface area (Å²) >= 11 is 1.86. The normalized spacial score (nSPS) is 20.9. The zero-order valence-corrected chi connectivity index (χ0v) is 18.1. The molecule has 1 saturated heterocycles. The molecule has 0 bridgehead atoms. The van der Waals surface area contributed by atoms with Crippen molar-refractivity contribution in [1.82, 2.24) is 9.80 Å². The largest absolute Gasteiger partial charge is 0.342 e. The summed E-state index contributed by atoms with van der Waals surface area (Å²) < 4.78 is 0. The van der Waals surface area contributed by atoms with Gasteiger partial charge in [0.15, 0.2) is 0 Å². The van der Waals surface area contributed by atoms with Crippen LogP contribution < -0.4 is 0 Å². The Labute approximate surface area is 173 Å². The minimum Gasteiger partial charge on any atom is -0.342 e. The van der Waals surface area contributed by atoms with Gasteiger partial charge in [-0.3, -0.25) is 4.79 Å². The molecule has 4 rings (SSSR count). The molecule has 0 N–H and O–H groups in total. The van der Waals surface area contributed by atoms with E-state index in [4.69, 9.17) is 0 Å². The van der Waals surface area contributed by atoms with Crippen LogP contribution in [0.15, 0.2) is 29.6 Å². The van der Waals surface area contributed by atoms with Gasteiger partial charge in [0.25, 0.3) is 0 Å². The van der Waals surface area contributed by atoms with Crippen LogP contribution in [0.5, 0.6) is 0 Å². The summed E-state index contributed by atoms with van der Waals surface area (Å²) in [5, 5.41) is 2.17. The van der Waals surface area contributed by atoms with E-state index in [1.54, 1.807) is 0 Å². The van der Waals surface area contributed by atoms with Crippen molar-refractivity contribution >= 4 is 17.2 Å². The Hall–Kier alpha value is -1.65. The fourth-order valence-corrected chi connectivity index (χ4v) is 5.42. The van der Waals surface area contributed by atoms with Crippen LogP contribution >= 0.6 is 11.3 Å². The lowest BCUT2D eigenvalue weighted by Gasteiger charge is -2.35. The molecule has 1 aromatic carbocycles. The topological polar surface area (TPSA) is 23.6 Å². The summed E-state index contributed by atoms with van der Waals surface area (Å²) in [7, 11) is 0. The maximum absolute atomic E-state index is 12.9. The number of benzene rings is 1. The van der Waals surface area contributed by atoms with Gasteiger partial charge in [-0.1, -0.05) is 18.2 Å². The van der Waals surface area contributed by atoms with Crippen molar-refractivity contribution in [2.45, 2.75) is 46.0 Å². The smallest absolute Gasteiger partial charge is 0.227 e. The molecule has 1 amide bonds. The quantitative estimate of drug-likeness (QED) is 0.754. The zero-order chi connectivity index (χ0) is 19.5. The Morgan fingerprint density at radius 1 is 1.14 bits per heavy atom. The van der Waals surface area contributed by atoms with Crippen LogP contribution in [0.25, 0.3) is 0 Å². The molecule has 3 nitrogen and oxygen atoms in total. The van der Waals surface area contributed by atoms with Crippen LogP contribution in [0, 0.1) is 19.8 Å². The van der Waals surface area contributed by atoms with Crippen LogP contribution in [-0.4, -0.2) is 48.4 Å².